The summed E-state index contributed by atoms with van der Waals surface area (Å²) in [7, 11) is 0. The molecular formula is C17H29N3. The number of pyridine rings is 1. The summed E-state index contributed by atoms with van der Waals surface area (Å²) < 4.78 is 0. The van der Waals surface area contributed by atoms with Gasteiger partial charge in [0.15, 0.2) is 0 Å². The summed E-state index contributed by atoms with van der Waals surface area (Å²) >= 11 is 0. The Morgan fingerprint density at radius 1 is 1.25 bits per heavy atom. The standard InChI is InChI=1S/C17H29N3/c1-17(2,3)12-15-4-5-16(19-13-15)20-10-7-14(6-9-18)8-11-20/h4-5,13-14H,6-12,18H2,1-3H3. The van der Waals surface area contributed by atoms with Gasteiger partial charge in [-0.05, 0) is 55.2 Å². The van der Waals surface area contributed by atoms with E-state index < -0.39 is 0 Å². The maximum atomic E-state index is 5.65. The lowest BCUT2D eigenvalue weighted by Gasteiger charge is -2.32. The molecule has 0 aliphatic carbocycles. The van der Waals surface area contributed by atoms with Crippen LogP contribution in [-0.2, 0) is 6.42 Å². The minimum atomic E-state index is 0.323. The fourth-order valence-electron chi connectivity index (χ4n) is 3.01. The van der Waals surface area contributed by atoms with Gasteiger partial charge in [0, 0.05) is 19.3 Å². The molecule has 0 aromatic carbocycles. The molecular weight excluding hydrogens is 246 g/mol. The molecule has 1 aromatic heterocycles. The zero-order valence-corrected chi connectivity index (χ0v) is 13.2. The summed E-state index contributed by atoms with van der Waals surface area (Å²) in [5.41, 5.74) is 7.30. The molecule has 0 radical (unpaired) electrons. The average molecular weight is 275 g/mol. The van der Waals surface area contributed by atoms with Crippen LogP contribution in [-0.4, -0.2) is 24.6 Å². The Balaban J connectivity index is 1.91. The molecule has 1 fully saturated rings. The Bertz CT molecular complexity index is 397. The summed E-state index contributed by atoms with van der Waals surface area (Å²) in [5.74, 6) is 1.95. The SMILES string of the molecule is CC(C)(C)Cc1ccc(N2CCC(CCN)CC2)nc1. The highest BCUT2D eigenvalue weighted by Crippen LogP contribution is 2.25. The van der Waals surface area contributed by atoms with Gasteiger partial charge in [-0.15, -0.1) is 0 Å². The summed E-state index contributed by atoms with van der Waals surface area (Å²) in [6, 6.07) is 4.42. The van der Waals surface area contributed by atoms with Gasteiger partial charge >= 0.3 is 0 Å². The van der Waals surface area contributed by atoms with E-state index in [0.29, 0.717) is 5.41 Å². The summed E-state index contributed by atoms with van der Waals surface area (Å²) in [6.45, 7) is 9.87. The highest BCUT2D eigenvalue weighted by atomic mass is 15.2. The normalized spacial score (nSPS) is 17.5. The lowest BCUT2D eigenvalue weighted by Crippen LogP contribution is -2.34. The lowest BCUT2D eigenvalue weighted by atomic mass is 9.89. The Morgan fingerprint density at radius 2 is 1.95 bits per heavy atom. The Kier molecular flexibility index (Phi) is 5.03. The van der Waals surface area contributed by atoms with Crippen molar-refractivity contribution in [1.29, 1.82) is 0 Å². The maximum Gasteiger partial charge on any atom is 0.128 e. The minimum absolute atomic E-state index is 0.323. The quantitative estimate of drug-likeness (QED) is 0.917. The van der Waals surface area contributed by atoms with Gasteiger partial charge in [0.2, 0.25) is 0 Å². The fraction of sp³-hybridized carbons (Fsp3) is 0.706. The summed E-state index contributed by atoms with van der Waals surface area (Å²) in [4.78, 5) is 7.07. The first kappa shape index (κ1) is 15.3. The molecule has 112 valence electrons. The van der Waals surface area contributed by atoms with Crippen molar-refractivity contribution in [3.05, 3.63) is 23.9 Å². The summed E-state index contributed by atoms with van der Waals surface area (Å²) in [6.07, 6.45) is 6.81. The van der Waals surface area contributed by atoms with Gasteiger partial charge in [-0.2, -0.15) is 0 Å². The maximum absolute atomic E-state index is 5.65. The van der Waals surface area contributed by atoms with Crippen LogP contribution in [0.25, 0.3) is 0 Å². The van der Waals surface area contributed by atoms with E-state index in [1.807, 2.05) is 6.20 Å². The highest BCUT2D eigenvalue weighted by Gasteiger charge is 2.19. The molecule has 0 unspecified atom stereocenters. The van der Waals surface area contributed by atoms with E-state index in [9.17, 15) is 0 Å². The molecule has 2 rings (SSSR count). The molecule has 0 bridgehead atoms. The van der Waals surface area contributed by atoms with Crippen LogP contribution in [0.4, 0.5) is 5.82 Å². The fourth-order valence-corrected chi connectivity index (χ4v) is 3.01. The first-order valence-electron chi connectivity index (χ1n) is 7.88. The van der Waals surface area contributed by atoms with Gasteiger partial charge in [-0.25, -0.2) is 4.98 Å². The van der Waals surface area contributed by atoms with Gasteiger partial charge < -0.3 is 10.6 Å². The molecule has 2 heterocycles. The molecule has 0 amide bonds. The van der Waals surface area contributed by atoms with E-state index in [1.54, 1.807) is 0 Å². The van der Waals surface area contributed by atoms with E-state index in [2.05, 4.69) is 42.8 Å². The van der Waals surface area contributed by atoms with Gasteiger partial charge in [0.1, 0.15) is 5.82 Å². The average Bonchev–Trinajstić information content (AvgIpc) is 2.39. The van der Waals surface area contributed by atoms with Crippen molar-refractivity contribution in [3.8, 4) is 0 Å². The second-order valence-electron chi connectivity index (χ2n) is 7.27. The molecule has 0 saturated carbocycles. The first-order valence-corrected chi connectivity index (χ1v) is 7.88. The zero-order valence-electron chi connectivity index (χ0n) is 13.2. The van der Waals surface area contributed by atoms with E-state index in [-0.39, 0.29) is 0 Å². The van der Waals surface area contributed by atoms with Crippen LogP contribution in [0.2, 0.25) is 0 Å². The van der Waals surface area contributed by atoms with Crippen LogP contribution in [0, 0.1) is 11.3 Å². The molecule has 0 spiro atoms. The van der Waals surface area contributed by atoms with Gasteiger partial charge in [-0.1, -0.05) is 26.8 Å². The van der Waals surface area contributed by atoms with Gasteiger partial charge in [0.05, 0.1) is 0 Å². The number of nitrogens with zero attached hydrogens (tertiary/aromatic N) is 2. The molecule has 3 heteroatoms. The molecule has 1 aliphatic rings. The van der Waals surface area contributed by atoms with Crippen molar-refractivity contribution in [2.75, 3.05) is 24.5 Å². The van der Waals surface area contributed by atoms with Crippen LogP contribution in [0.1, 0.15) is 45.6 Å². The third-order valence-corrected chi connectivity index (χ3v) is 4.06. The molecule has 1 aromatic rings. The van der Waals surface area contributed by atoms with E-state index >= 15 is 0 Å². The molecule has 20 heavy (non-hydrogen) atoms. The predicted molar refractivity (Wildman–Crippen MR) is 86.0 cm³/mol. The van der Waals surface area contributed by atoms with E-state index in [4.69, 9.17) is 5.73 Å². The van der Waals surface area contributed by atoms with Crippen molar-refractivity contribution in [2.24, 2.45) is 17.1 Å². The summed E-state index contributed by atoms with van der Waals surface area (Å²) in [5, 5.41) is 0. The van der Waals surface area contributed by atoms with Crippen molar-refractivity contribution in [2.45, 2.75) is 46.5 Å². The van der Waals surface area contributed by atoms with E-state index in [1.165, 1.54) is 24.8 Å². The largest absolute Gasteiger partial charge is 0.357 e. The molecule has 3 nitrogen and oxygen atoms in total. The van der Waals surface area contributed by atoms with Crippen molar-refractivity contribution >= 4 is 5.82 Å². The van der Waals surface area contributed by atoms with Crippen LogP contribution < -0.4 is 10.6 Å². The zero-order chi connectivity index (χ0) is 14.6. The van der Waals surface area contributed by atoms with Crippen LogP contribution in [0.15, 0.2) is 18.3 Å². The smallest absolute Gasteiger partial charge is 0.128 e. The second-order valence-corrected chi connectivity index (χ2v) is 7.27. The predicted octanol–water partition coefficient (Wildman–Crippen LogP) is 3.24. The third-order valence-electron chi connectivity index (χ3n) is 4.06. The number of aromatic nitrogens is 1. The number of nitrogens with two attached hydrogens (primary N) is 1. The van der Waals surface area contributed by atoms with E-state index in [0.717, 1.165) is 37.8 Å². The number of anilines is 1. The lowest BCUT2D eigenvalue weighted by molar-refractivity contribution is 0.385. The number of hydrogen-bond donors (Lipinski definition) is 1. The first-order chi connectivity index (χ1) is 9.48. The molecule has 1 saturated heterocycles. The molecule has 1 aliphatic heterocycles. The Morgan fingerprint density at radius 3 is 2.45 bits per heavy atom. The van der Waals surface area contributed by atoms with Crippen LogP contribution in [0.5, 0.6) is 0 Å². The van der Waals surface area contributed by atoms with Gasteiger partial charge in [-0.3, -0.25) is 0 Å². The monoisotopic (exact) mass is 275 g/mol. The van der Waals surface area contributed by atoms with Crippen LogP contribution in [0.3, 0.4) is 0 Å². The number of rotatable bonds is 4. The van der Waals surface area contributed by atoms with Crippen molar-refractivity contribution < 1.29 is 0 Å². The topological polar surface area (TPSA) is 42.1 Å². The minimum Gasteiger partial charge on any atom is -0.357 e. The molecule has 2 N–H and O–H groups in total. The van der Waals surface area contributed by atoms with Gasteiger partial charge in [0.25, 0.3) is 0 Å². The second kappa shape index (κ2) is 6.57. The Labute approximate surface area is 123 Å². The van der Waals surface area contributed by atoms with Crippen molar-refractivity contribution in [3.63, 3.8) is 0 Å². The third kappa shape index (κ3) is 4.48. The molecule has 0 atom stereocenters. The number of hydrogen-bond acceptors (Lipinski definition) is 3. The number of piperidine rings is 1. The Hall–Kier alpha value is -1.09. The van der Waals surface area contributed by atoms with Crippen molar-refractivity contribution in [1.82, 2.24) is 4.98 Å². The highest BCUT2D eigenvalue weighted by molar-refractivity contribution is 5.39. The van der Waals surface area contributed by atoms with Crippen LogP contribution >= 0.6 is 0 Å².